The van der Waals surface area contributed by atoms with Gasteiger partial charge in [0, 0.05) is 11.6 Å². The lowest BCUT2D eigenvalue weighted by Gasteiger charge is -2.19. The number of halogens is 2. The van der Waals surface area contributed by atoms with Crippen LogP contribution in [0.25, 0.3) is 6.08 Å². The quantitative estimate of drug-likeness (QED) is 0.156. The summed E-state index contributed by atoms with van der Waals surface area (Å²) < 4.78 is 18.3. The van der Waals surface area contributed by atoms with E-state index in [1.807, 2.05) is 91.0 Å². The minimum absolute atomic E-state index is 0.0990. The molecule has 0 saturated carbocycles. The van der Waals surface area contributed by atoms with Crippen molar-refractivity contribution in [1.82, 2.24) is 5.32 Å². The van der Waals surface area contributed by atoms with Crippen LogP contribution in [0.15, 0.2) is 107 Å². The van der Waals surface area contributed by atoms with Gasteiger partial charge in [-0.25, -0.2) is 4.79 Å². The maximum atomic E-state index is 13.1. The molecule has 0 aliphatic heterocycles. The molecule has 0 fully saturated rings. The number of anilines is 1. The second-order valence-corrected chi connectivity index (χ2v) is 12.1. The zero-order chi connectivity index (χ0) is 29.7. The average molecular weight is 694 g/mol. The van der Waals surface area contributed by atoms with Gasteiger partial charge in [-0.1, -0.05) is 91.0 Å². The van der Waals surface area contributed by atoms with Crippen molar-refractivity contribution in [1.29, 1.82) is 0 Å². The minimum atomic E-state index is -0.875. The summed E-state index contributed by atoms with van der Waals surface area (Å²) in [6, 6.07) is 31.5. The van der Waals surface area contributed by atoms with Crippen LogP contribution in [-0.2, 0) is 29.4 Å². The van der Waals surface area contributed by atoms with Gasteiger partial charge in [0.15, 0.2) is 11.5 Å². The van der Waals surface area contributed by atoms with Crippen LogP contribution in [0.4, 0.5) is 10.5 Å². The Balaban J connectivity index is 1.52. The third-order valence-electron chi connectivity index (χ3n) is 6.05. The topological polar surface area (TPSA) is 85.9 Å². The molecule has 0 bridgehead atoms. The highest BCUT2D eigenvalue weighted by Gasteiger charge is 2.20. The van der Waals surface area contributed by atoms with E-state index < -0.39 is 18.0 Å². The molecule has 4 rings (SSSR count). The van der Waals surface area contributed by atoms with Gasteiger partial charge in [0.25, 0.3) is 0 Å². The molecular formula is C33H30Br2N2O5. The van der Waals surface area contributed by atoms with Crippen LogP contribution in [0.2, 0.25) is 0 Å². The molecule has 1 atom stereocenters. The molecule has 0 aliphatic carbocycles. The summed E-state index contributed by atoms with van der Waals surface area (Å²) in [5.41, 5.74) is 3.95. The number of alkyl carbamates (subject to hydrolysis) is 1. The summed E-state index contributed by atoms with van der Waals surface area (Å²) in [7, 11) is 0. The number of nitrogens with one attached hydrogen (secondary N) is 2. The largest absolute Gasteiger partial charge is 0.485 e. The molecule has 0 radical (unpaired) electrons. The highest BCUT2D eigenvalue weighted by Crippen LogP contribution is 2.37. The lowest BCUT2D eigenvalue weighted by atomic mass is 10.1. The average Bonchev–Trinajstić information content (AvgIpc) is 3.00. The predicted molar refractivity (Wildman–Crippen MR) is 172 cm³/mol. The molecule has 0 aromatic heterocycles. The zero-order valence-corrected chi connectivity index (χ0v) is 26.1. The van der Waals surface area contributed by atoms with E-state index in [2.05, 4.69) is 42.5 Å². The highest BCUT2D eigenvalue weighted by atomic mass is 79.9. The van der Waals surface area contributed by atoms with Crippen LogP contribution in [0.5, 0.6) is 11.5 Å². The lowest BCUT2D eigenvalue weighted by Crippen LogP contribution is -2.41. The first kappa shape index (κ1) is 30.9. The lowest BCUT2D eigenvalue weighted by molar-refractivity contribution is -0.117. The normalized spacial score (nSPS) is 11.1. The van der Waals surface area contributed by atoms with Crippen molar-refractivity contribution in [3.63, 3.8) is 0 Å². The monoisotopic (exact) mass is 692 g/mol. The fraction of sp³-hybridized carbons (Fsp3) is 0.152. The number of benzene rings is 4. The molecule has 2 amide bonds. The smallest absolute Gasteiger partial charge is 0.408 e. The van der Waals surface area contributed by atoms with Crippen LogP contribution in [0, 0.1) is 0 Å². The summed E-state index contributed by atoms with van der Waals surface area (Å²) in [4.78, 5) is 25.5. The van der Waals surface area contributed by atoms with Gasteiger partial charge in [-0.05, 0) is 67.6 Å². The Bertz CT molecular complexity index is 1500. The molecule has 0 unspecified atom stereocenters. The van der Waals surface area contributed by atoms with Gasteiger partial charge in [-0.2, -0.15) is 0 Å². The third kappa shape index (κ3) is 9.78. The van der Waals surface area contributed by atoms with Gasteiger partial charge in [-0.3, -0.25) is 4.79 Å². The van der Waals surface area contributed by atoms with Crippen molar-refractivity contribution >= 4 is 55.6 Å². The van der Waals surface area contributed by atoms with Gasteiger partial charge in [-0.15, -0.1) is 0 Å². The summed E-state index contributed by atoms with van der Waals surface area (Å²) in [5, 5.41) is 5.48. The first-order valence-electron chi connectivity index (χ1n) is 13.2. The van der Waals surface area contributed by atoms with Crippen LogP contribution < -0.4 is 20.1 Å². The standard InChI is InChI=1S/C33H30Br2N2O5/c1-23(36-33(39)42-22-26-15-9-4-10-16-26)32(38)37-28-19-30(41-21-25-13-7-3-8-14-25)29(17-27(28)18-31(34)35)40-20-24-11-5-2-6-12-24/h2-19,23H,20-22H2,1H3,(H,36,39)(H,37,38)/t23-/m0/s1. The summed E-state index contributed by atoms with van der Waals surface area (Å²) in [6.07, 6.45) is 1.10. The van der Waals surface area contributed by atoms with E-state index in [1.54, 1.807) is 25.1 Å². The van der Waals surface area contributed by atoms with Crippen molar-refractivity contribution in [2.24, 2.45) is 0 Å². The number of rotatable bonds is 12. The Kier molecular flexibility index (Phi) is 11.6. The number of hydrogen-bond acceptors (Lipinski definition) is 5. The Labute approximate surface area is 262 Å². The molecule has 4 aromatic rings. The van der Waals surface area contributed by atoms with Crippen molar-refractivity contribution in [2.45, 2.75) is 32.8 Å². The second-order valence-electron chi connectivity index (χ2n) is 9.29. The van der Waals surface area contributed by atoms with Crippen LogP contribution in [0.3, 0.4) is 0 Å². The minimum Gasteiger partial charge on any atom is -0.485 e. The van der Waals surface area contributed by atoms with Gasteiger partial charge in [0.05, 0.1) is 9.08 Å². The second kappa shape index (κ2) is 15.8. The molecular weight excluding hydrogens is 664 g/mol. The molecule has 4 aromatic carbocycles. The number of ether oxygens (including phenoxy) is 3. The van der Waals surface area contributed by atoms with Gasteiger partial charge >= 0.3 is 6.09 Å². The Morgan fingerprint density at radius 3 is 1.71 bits per heavy atom. The van der Waals surface area contributed by atoms with Crippen LogP contribution in [-0.4, -0.2) is 18.0 Å². The van der Waals surface area contributed by atoms with Crippen LogP contribution in [0.1, 0.15) is 29.2 Å². The van der Waals surface area contributed by atoms with Crippen molar-refractivity contribution in [3.05, 3.63) is 129 Å². The van der Waals surface area contributed by atoms with Crippen molar-refractivity contribution in [2.75, 3.05) is 5.32 Å². The highest BCUT2D eigenvalue weighted by molar-refractivity contribution is 9.28. The van der Waals surface area contributed by atoms with Crippen molar-refractivity contribution < 1.29 is 23.8 Å². The van der Waals surface area contributed by atoms with E-state index in [1.165, 1.54) is 0 Å². The predicted octanol–water partition coefficient (Wildman–Crippen LogP) is 8.19. The van der Waals surface area contributed by atoms with E-state index in [9.17, 15) is 9.59 Å². The van der Waals surface area contributed by atoms with Crippen molar-refractivity contribution in [3.8, 4) is 11.5 Å². The van der Waals surface area contributed by atoms with E-state index in [0.29, 0.717) is 39.4 Å². The fourth-order valence-electron chi connectivity index (χ4n) is 3.87. The number of amides is 2. The van der Waals surface area contributed by atoms with E-state index in [-0.39, 0.29) is 6.61 Å². The first-order valence-corrected chi connectivity index (χ1v) is 14.8. The molecule has 2 N–H and O–H groups in total. The summed E-state index contributed by atoms with van der Waals surface area (Å²) >= 11 is 6.82. The van der Waals surface area contributed by atoms with Gasteiger partial charge in [0.2, 0.25) is 5.91 Å². The fourth-order valence-corrected chi connectivity index (χ4v) is 4.36. The summed E-state index contributed by atoms with van der Waals surface area (Å²) in [5.74, 6) is 0.533. The number of carbonyl (C=O) groups is 2. The molecule has 0 heterocycles. The van der Waals surface area contributed by atoms with Gasteiger partial charge in [0.1, 0.15) is 25.9 Å². The molecule has 216 valence electrons. The molecule has 0 aliphatic rings. The number of carbonyl (C=O) groups excluding carboxylic acids is 2. The number of hydrogen-bond donors (Lipinski definition) is 2. The van der Waals surface area contributed by atoms with E-state index in [4.69, 9.17) is 14.2 Å². The molecule has 7 nitrogen and oxygen atoms in total. The summed E-state index contributed by atoms with van der Waals surface area (Å²) in [6.45, 7) is 2.32. The van der Waals surface area contributed by atoms with Gasteiger partial charge < -0.3 is 24.8 Å². The molecule has 0 spiro atoms. The molecule has 42 heavy (non-hydrogen) atoms. The molecule has 9 heteroatoms. The Hall–Kier alpha value is -4.08. The Morgan fingerprint density at radius 2 is 1.21 bits per heavy atom. The maximum absolute atomic E-state index is 13.1. The molecule has 0 saturated heterocycles. The van der Waals surface area contributed by atoms with E-state index in [0.717, 1.165) is 16.7 Å². The SMILES string of the molecule is C[C@H](NC(=O)OCc1ccccc1)C(=O)Nc1cc(OCc2ccccc2)c(OCc2ccccc2)cc1C=C(Br)Br. The first-order chi connectivity index (χ1) is 20.4. The maximum Gasteiger partial charge on any atom is 0.408 e. The third-order valence-corrected chi connectivity index (χ3v) is 6.51. The zero-order valence-electron chi connectivity index (χ0n) is 22.9. The van der Waals surface area contributed by atoms with E-state index >= 15 is 0 Å². The van der Waals surface area contributed by atoms with Crippen LogP contribution >= 0.6 is 31.9 Å². The Morgan fingerprint density at radius 1 is 0.738 bits per heavy atom.